The van der Waals surface area contributed by atoms with E-state index >= 15 is 0 Å². The number of hydrogen-bond acceptors (Lipinski definition) is 4. The molecule has 1 N–H and O–H groups in total. The summed E-state index contributed by atoms with van der Waals surface area (Å²) in [4.78, 5) is 13.9. The third-order valence-corrected chi connectivity index (χ3v) is 2.89. The van der Waals surface area contributed by atoms with Crippen LogP contribution in [0.25, 0.3) is 0 Å². The second-order valence-corrected chi connectivity index (χ2v) is 5.56. The molecule has 0 aromatic heterocycles. The maximum atomic E-state index is 12.3. The lowest BCUT2D eigenvalue weighted by atomic mass is 10.1. The first-order valence-electron chi connectivity index (χ1n) is 6.95. The van der Waals surface area contributed by atoms with E-state index in [2.05, 4.69) is 0 Å². The second kappa shape index (κ2) is 7.09. The second-order valence-electron chi connectivity index (χ2n) is 5.56. The maximum Gasteiger partial charge on any atom is 0.263 e. The number of carbonyl (C=O) groups is 1. The van der Waals surface area contributed by atoms with Crippen LogP contribution >= 0.6 is 0 Å². The summed E-state index contributed by atoms with van der Waals surface area (Å²) in [6, 6.07) is 8.71. The van der Waals surface area contributed by atoms with Gasteiger partial charge in [-0.1, -0.05) is 6.07 Å². The van der Waals surface area contributed by atoms with Crippen molar-refractivity contribution in [1.82, 2.24) is 4.90 Å². The molecule has 0 heterocycles. The zero-order valence-electron chi connectivity index (χ0n) is 13.0. The molecule has 5 heteroatoms. The third-order valence-electron chi connectivity index (χ3n) is 2.89. The molecular weight excluding hydrogens is 268 g/mol. The molecule has 0 saturated carbocycles. The van der Waals surface area contributed by atoms with Crippen molar-refractivity contribution < 1.29 is 14.6 Å². The van der Waals surface area contributed by atoms with E-state index < -0.39 is 11.7 Å². The van der Waals surface area contributed by atoms with Crippen LogP contribution in [0.15, 0.2) is 24.3 Å². The summed E-state index contributed by atoms with van der Waals surface area (Å²) in [6.07, 6.45) is -0.679. The van der Waals surface area contributed by atoms with E-state index in [4.69, 9.17) is 10.00 Å². The van der Waals surface area contributed by atoms with E-state index in [0.29, 0.717) is 17.9 Å². The van der Waals surface area contributed by atoms with Gasteiger partial charge in [-0.05, 0) is 45.9 Å². The van der Waals surface area contributed by atoms with E-state index in [0.717, 1.165) is 0 Å². The van der Waals surface area contributed by atoms with Gasteiger partial charge in [-0.25, -0.2) is 0 Å². The van der Waals surface area contributed by atoms with Crippen LogP contribution in [-0.4, -0.2) is 40.7 Å². The van der Waals surface area contributed by atoms with E-state index in [1.54, 1.807) is 49.9 Å². The average Bonchev–Trinajstić information content (AvgIpc) is 2.43. The highest BCUT2D eigenvalue weighted by atomic mass is 16.5. The molecule has 0 fully saturated rings. The van der Waals surface area contributed by atoms with Crippen LogP contribution in [0, 0.1) is 11.3 Å². The Morgan fingerprint density at radius 1 is 1.52 bits per heavy atom. The van der Waals surface area contributed by atoms with Crippen molar-refractivity contribution in [3.8, 4) is 11.8 Å². The summed E-state index contributed by atoms with van der Waals surface area (Å²) in [5.41, 5.74) is -0.470. The molecule has 114 valence electrons. The summed E-state index contributed by atoms with van der Waals surface area (Å²) in [5, 5.41) is 18.7. The van der Waals surface area contributed by atoms with Crippen LogP contribution < -0.4 is 4.74 Å². The maximum absolute atomic E-state index is 12.3. The SMILES string of the molecule is CCN(CC(C)(C)O)C(=O)C(C)Oc1cccc(C#N)c1. The highest BCUT2D eigenvalue weighted by Crippen LogP contribution is 2.16. The van der Waals surface area contributed by atoms with Gasteiger partial charge in [-0.15, -0.1) is 0 Å². The lowest BCUT2D eigenvalue weighted by Gasteiger charge is -2.30. The summed E-state index contributed by atoms with van der Waals surface area (Å²) >= 11 is 0. The predicted molar refractivity (Wildman–Crippen MR) is 79.8 cm³/mol. The number of amides is 1. The fourth-order valence-corrected chi connectivity index (χ4v) is 1.96. The smallest absolute Gasteiger partial charge is 0.263 e. The van der Waals surface area contributed by atoms with Crippen LogP contribution in [-0.2, 0) is 4.79 Å². The Labute approximate surface area is 125 Å². The van der Waals surface area contributed by atoms with Gasteiger partial charge < -0.3 is 14.7 Å². The minimum Gasteiger partial charge on any atom is -0.481 e. The summed E-state index contributed by atoms with van der Waals surface area (Å²) in [6.45, 7) is 7.57. The largest absolute Gasteiger partial charge is 0.481 e. The Hall–Kier alpha value is -2.06. The van der Waals surface area contributed by atoms with Crippen LogP contribution in [0.3, 0.4) is 0 Å². The van der Waals surface area contributed by atoms with Crippen molar-refractivity contribution in [2.45, 2.75) is 39.4 Å². The highest BCUT2D eigenvalue weighted by molar-refractivity contribution is 5.81. The molecule has 1 unspecified atom stereocenters. The van der Waals surface area contributed by atoms with Gasteiger partial charge in [0.25, 0.3) is 5.91 Å². The molecule has 21 heavy (non-hydrogen) atoms. The lowest BCUT2D eigenvalue weighted by Crippen LogP contribution is -2.47. The Kier molecular flexibility index (Phi) is 5.74. The number of aliphatic hydroxyl groups is 1. The number of likely N-dealkylation sites (N-methyl/N-ethyl adjacent to an activating group) is 1. The normalized spacial score (nSPS) is 12.4. The molecular formula is C16H22N2O3. The minimum atomic E-state index is -0.952. The van der Waals surface area contributed by atoms with Gasteiger partial charge in [-0.3, -0.25) is 4.79 Å². The van der Waals surface area contributed by atoms with Crippen LogP contribution in [0.1, 0.15) is 33.3 Å². The molecule has 1 rings (SSSR count). The van der Waals surface area contributed by atoms with Gasteiger partial charge in [0.1, 0.15) is 5.75 Å². The third kappa shape index (κ3) is 5.44. The molecule has 0 aliphatic heterocycles. The zero-order valence-corrected chi connectivity index (χ0v) is 13.0. The van der Waals surface area contributed by atoms with Crippen molar-refractivity contribution >= 4 is 5.91 Å². The van der Waals surface area contributed by atoms with Crippen molar-refractivity contribution in [2.24, 2.45) is 0 Å². The first kappa shape index (κ1) is 17.0. The first-order chi connectivity index (χ1) is 9.76. The molecule has 1 atom stereocenters. The summed E-state index contributed by atoms with van der Waals surface area (Å²) in [5.74, 6) is 0.288. The standard InChI is InChI=1S/C16H22N2O3/c1-5-18(11-16(3,4)20)15(19)12(2)21-14-8-6-7-13(9-14)10-17/h6-9,12,20H,5,11H2,1-4H3. The molecule has 0 spiro atoms. The van der Waals surface area contributed by atoms with Gasteiger partial charge in [0.15, 0.2) is 6.10 Å². The monoisotopic (exact) mass is 290 g/mol. The Balaban J connectivity index is 2.75. The minimum absolute atomic E-state index is 0.193. The topological polar surface area (TPSA) is 73.6 Å². The van der Waals surface area contributed by atoms with Crippen molar-refractivity contribution in [3.05, 3.63) is 29.8 Å². The van der Waals surface area contributed by atoms with Crippen molar-refractivity contribution in [3.63, 3.8) is 0 Å². The van der Waals surface area contributed by atoms with Crippen LogP contribution in [0.2, 0.25) is 0 Å². The number of nitriles is 1. The van der Waals surface area contributed by atoms with Crippen LogP contribution in [0.4, 0.5) is 0 Å². The molecule has 1 aromatic carbocycles. The summed E-state index contributed by atoms with van der Waals surface area (Å²) in [7, 11) is 0. The fourth-order valence-electron chi connectivity index (χ4n) is 1.96. The first-order valence-corrected chi connectivity index (χ1v) is 6.95. The van der Waals surface area contributed by atoms with Crippen molar-refractivity contribution in [2.75, 3.05) is 13.1 Å². The van der Waals surface area contributed by atoms with E-state index in [1.807, 2.05) is 13.0 Å². The van der Waals surface area contributed by atoms with E-state index in [1.165, 1.54) is 0 Å². The van der Waals surface area contributed by atoms with Gasteiger partial charge in [0.05, 0.1) is 17.2 Å². The molecule has 1 aromatic rings. The van der Waals surface area contributed by atoms with Gasteiger partial charge in [0.2, 0.25) is 0 Å². The van der Waals surface area contributed by atoms with E-state index in [-0.39, 0.29) is 12.5 Å². The predicted octanol–water partition coefficient (Wildman–Crippen LogP) is 1.94. The Morgan fingerprint density at radius 3 is 2.71 bits per heavy atom. The number of rotatable bonds is 6. The Bertz CT molecular complexity index is 529. The molecule has 5 nitrogen and oxygen atoms in total. The fraction of sp³-hybridized carbons (Fsp3) is 0.500. The highest BCUT2D eigenvalue weighted by Gasteiger charge is 2.26. The quantitative estimate of drug-likeness (QED) is 0.869. The van der Waals surface area contributed by atoms with E-state index in [9.17, 15) is 9.90 Å². The van der Waals surface area contributed by atoms with Crippen LogP contribution in [0.5, 0.6) is 5.75 Å². The molecule has 0 bridgehead atoms. The lowest BCUT2D eigenvalue weighted by molar-refractivity contribution is -0.140. The molecule has 0 radical (unpaired) electrons. The van der Waals surface area contributed by atoms with Gasteiger partial charge in [0, 0.05) is 13.1 Å². The van der Waals surface area contributed by atoms with Gasteiger partial charge >= 0.3 is 0 Å². The molecule has 0 saturated heterocycles. The number of benzene rings is 1. The number of nitrogens with zero attached hydrogens (tertiary/aromatic N) is 2. The summed E-state index contributed by atoms with van der Waals surface area (Å²) < 4.78 is 5.59. The number of carbonyl (C=O) groups excluding carboxylic acids is 1. The molecule has 0 aliphatic rings. The number of hydrogen-bond donors (Lipinski definition) is 1. The Morgan fingerprint density at radius 2 is 2.19 bits per heavy atom. The number of ether oxygens (including phenoxy) is 1. The average molecular weight is 290 g/mol. The van der Waals surface area contributed by atoms with Gasteiger partial charge in [-0.2, -0.15) is 5.26 Å². The molecule has 1 amide bonds. The van der Waals surface area contributed by atoms with Crippen molar-refractivity contribution in [1.29, 1.82) is 5.26 Å². The molecule has 0 aliphatic carbocycles. The zero-order chi connectivity index (χ0) is 16.0.